The number of nitrogens with one attached hydrogen (secondary N) is 1. The summed E-state index contributed by atoms with van der Waals surface area (Å²) in [5.41, 5.74) is 8.09. The van der Waals surface area contributed by atoms with Crippen molar-refractivity contribution < 1.29 is 0 Å². The van der Waals surface area contributed by atoms with Gasteiger partial charge in [-0.2, -0.15) is 11.8 Å². The third-order valence-corrected chi connectivity index (χ3v) is 4.70. The highest BCUT2D eigenvalue weighted by atomic mass is 32.2. The molecule has 94 valence electrons. The van der Waals surface area contributed by atoms with Gasteiger partial charge in [0.2, 0.25) is 0 Å². The number of pyridine rings is 1. The Morgan fingerprint density at radius 2 is 2.33 bits per heavy atom. The number of aromatic nitrogens is 1. The number of hydrogen-bond donors (Lipinski definition) is 2. The Morgan fingerprint density at radius 3 is 3.17 bits per heavy atom. The van der Waals surface area contributed by atoms with Gasteiger partial charge in [-0.1, -0.05) is 6.07 Å². The van der Waals surface area contributed by atoms with Crippen molar-refractivity contribution in [3.05, 3.63) is 30.6 Å². The summed E-state index contributed by atoms with van der Waals surface area (Å²) in [5.74, 6) is 3.35. The fraction of sp³-hybridized carbons (Fsp3) is 0.357. The molecule has 0 radical (unpaired) electrons. The summed E-state index contributed by atoms with van der Waals surface area (Å²) < 4.78 is 0. The molecule has 2 heterocycles. The van der Waals surface area contributed by atoms with Crippen LogP contribution in [0, 0.1) is 5.92 Å². The minimum atomic E-state index is 0.780. The van der Waals surface area contributed by atoms with Gasteiger partial charge in [0.05, 0.1) is 11.4 Å². The zero-order chi connectivity index (χ0) is 12.4. The van der Waals surface area contributed by atoms with Crippen LogP contribution in [-0.4, -0.2) is 23.0 Å². The molecule has 0 bridgehead atoms. The Morgan fingerprint density at radius 1 is 1.39 bits per heavy atom. The summed E-state index contributed by atoms with van der Waals surface area (Å²) >= 11 is 2.04. The number of hydrogen-bond acceptors (Lipinski definition) is 4. The van der Waals surface area contributed by atoms with E-state index in [0.717, 1.165) is 34.6 Å². The number of rotatable bonds is 3. The van der Waals surface area contributed by atoms with Gasteiger partial charge in [0, 0.05) is 29.7 Å². The van der Waals surface area contributed by atoms with Crippen LogP contribution in [-0.2, 0) is 0 Å². The molecule has 1 aromatic carbocycles. The van der Waals surface area contributed by atoms with Crippen molar-refractivity contribution in [2.75, 3.05) is 29.1 Å². The summed E-state index contributed by atoms with van der Waals surface area (Å²) in [6.45, 7) is 1.02. The highest BCUT2D eigenvalue weighted by Crippen LogP contribution is 2.29. The molecule has 4 heteroatoms. The summed E-state index contributed by atoms with van der Waals surface area (Å²) in [6.07, 6.45) is 4.95. The molecule has 3 nitrogen and oxygen atoms in total. The van der Waals surface area contributed by atoms with Gasteiger partial charge in [-0.3, -0.25) is 4.98 Å². The number of nitrogens with two attached hydrogens (primary N) is 1. The first-order chi connectivity index (χ1) is 8.84. The number of nitrogens with zero attached hydrogens (tertiary/aromatic N) is 1. The molecule has 18 heavy (non-hydrogen) atoms. The molecular weight excluding hydrogens is 242 g/mol. The smallest absolute Gasteiger partial charge is 0.0630 e. The van der Waals surface area contributed by atoms with Crippen molar-refractivity contribution in [2.45, 2.75) is 6.42 Å². The van der Waals surface area contributed by atoms with Gasteiger partial charge in [-0.05, 0) is 36.0 Å². The fourth-order valence-corrected chi connectivity index (χ4v) is 3.63. The van der Waals surface area contributed by atoms with E-state index in [-0.39, 0.29) is 0 Å². The molecule has 2 aromatic rings. The summed E-state index contributed by atoms with van der Waals surface area (Å²) in [5, 5.41) is 5.66. The van der Waals surface area contributed by atoms with Crippen LogP contribution >= 0.6 is 11.8 Å². The van der Waals surface area contributed by atoms with E-state index < -0.39 is 0 Å². The lowest BCUT2D eigenvalue weighted by Crippen LogP contribution is -2.14. The first kappa shape index (κ1) is 11.7. The number of nitrogen functional groups attached to an aromatic ring is 1. The lowest BCUT2D eigenvalue weighted by atomic mass is 10.1. The van der Waals surface area contributed by atoms with E-state index in [1.165, 1.54) is 17.9 Å². The Labute approximate surface area is 111 Å². The maximum atomic E-state index is 6.21. The Kier molecular flexibility index (Phi) is 3.28. The quantitative estimate of drug-likeness (QED) is 0.832. The summed E-state index contributed by atoms with van der Waals surface area (Å²) in [6, 6.07) is 6.10. The predicted octanol–water partition coefficient (Wildman–Crippen LogP) is 2.98. The average Bonchev–Trinajstić information content (AvgIpc) is 2.91. The van der Waals surface area contributed by atoms with Gasteiger partial charge in [0.1, 0.15) is 0 Å². The second-order valence-electron chi connectivity index (χ2n) is 4.73. The van der Waals surface area contributed by atoms with Crippen LogP contribution in [0.2, 0.25) is 0 Å². The molecule has 1 unspecified atom stereocenters. The third-order valence-electron chi connectivity index (χ3n) is 3.47. The van der Waals surface area contributed by atoms with E-state index in [4.69, 9.17) is 5.73 Å². The van der Waals surface area contributed by atoms with Crippen molar-refractivity contribution in [3.63, 3.8) is 0 Å². The number of benzene rings is 1. The van der Waals surface area contributed by atoms with Crippen LogP contribution in [0.3, 0.4) is 0 Å². The van der Waals surface area contributed by atoms with Gasteiger partial charge >= 0.3 is 0 Å². The second-order valence-corrected chi connectivity index (χ2v) is 5.88. The average molecular weight is 259 g/mol. The molecular formula is C14H17N3S. The Bertz CT molecular complexity index is 550. The fourth-order valence-electron chi connectivity index (χ4n) is 2.35. The van der Waals surface area contributed by atoms with Gasteiger partial charge in [-0.25, -0.2) is 0 Å². The topological polar surface area (TPSA) is 50.9 Å². The maximum absolute atomic E-state index is 6.21. The molecule has 1 saturated heterocycles. The highest BCUT2D eigenvalue weighted by molar-refractivity contribution is 7.99. The summed E-state index contributed by atoms with van der Waals surface area (Å²) in [7, 11) is 0. The minimum Gasteiger partial charge on any atom is -0.397 e. The van der Waals surface area contributed by atoms with Crippen LogP contribution in [0.4, 0.5) is 11.4 Å². The largest absolute Gasteiger partial charge is 0.397 e. The van der Waals surface area contributed by atoms with E-state index >= 15 is 0 Å². The minimum absolute atomic E-state index is 0.780. The van der Waals surface area contributed by atoms with E-state index in [1.807, 2.05) is 24.0 Å². The van der Waals surface area contributed by atoms with Crippen LogP contribution in [0.5, 0.6) is 0 Å². The Hall–Kier alpha value is -1.42. The third kappa shape index (κ3) is 2.25. The molecule has 1 aromatic heterocycles. The zero-order valence-corrected chi connectivity index (χ0v) is 11.0. The molecule has 1 aliphatic rings. The molecule has 1 aliphatic heterocycles. The maximum Gasteiger partial charge on any atom is 0.0630 e. The number of anilines is 2. The van der Waals surface area contributed by atoms with Crippen LogP contribution in [0.15, 0.2) is 30.6 Å². The van der Waals surface area contributed by atoms with Crippen molar-refractivity contribution >= 4 is 33.9 Å². The van der Waals surface area contributed by atoms with Crippen molar-refractivity contribution in [1.82, 2.24) is 4.98 Å². The van der Waals surface area contributed by atoms with Gasteiger partial charge in [0.25, 0.3) is 0 Å². The molecule has 0 aliphatic carbocycles. The van der Waals surface area contributed by atoms with E-state index in [0.29, 0.717) is 0 Å². The SMILES string of the molecule is Nc1c(NCC2CCSC2)ccc2cnccc12. The van der Waals surface area contributed by atoms with Crippen molar-refractivity contribution in [1.29, 1.82) is 0 Å². The van der Waals surface area contributed by atoms with Gasteiger partial charge in [0.15, 0.2) is 0 Å². The number of thioether (sulfide) groups is 1. The first-order valence-corrected chi connectivity index (χ1v) is 7.44. The molecule has 1 fully saturated rings. The van der Waals surface area contributed by atoms with Gasteiger partial charge < -0.3 is 11.1 Å². The normalized spacial score (nSPS) is 19.2. The lowest BCUT2D eigenvalue weighted by molar-refractivity contribution is 0.632. The zero-order valence-electron chi connectivity index (χ0n) is 10.2. The van der Waals surface area contributed by atoms with E-state index in [2.05, 4.69) is 22.4 Å². The van der Waals surface area contributed by atoms with Crippen molar-refractivity contribution in [2.24, 2.45) is 5.92 Å². The van der Waals surface area contributed by atoms with E-state index in [1.54, 1.807) is 6.20 Å². The molecule has 1 atom stereocenters. The molecule has 3 N–H and O–H groups in total. The van der Waals surface area contributed by atoms with Crippen LogP contribution in [0.1, 0.15) is 6.42 Å². The standard InChI is InChI=1S/C14H17N3S/c15-14-12-3-5-16-8-11(12)1-2-13(14)17-7-10-4-6-18-9-10/h1-3,5,8,10,17H,4,6-7,9,15H2. The Balaban J connectivity index is 1.81. The highest BCUT2D eigenvalue weighted by Gasteiger charge is 2.15. The molecule has 0 saturated carbocycles. The lowest BCUT2D eigenvalue weighted by Gasteiger charge is -2.14. The van der Waals surface area contributed by atoms with Gasteiger partial charge in [-0.15, -0.1) is 0 Å². The second kappa shape index (κ2) is 5.06. The molecule has 3 rings (SSSR count). The monoisotopic (exact) mass is 259 g/mol. The molecule has 0 amide bonds. The first-order valence-electron chi connectivity index (χ1n) is 6.28. The summed E-state index contributed by atoms with van der Waals surface area (Å²) in [4.78, 5) is 4.11. The van der Waals surface area contributed by atoms with Crippen LogP contribution in [0.25, 0.3) is 10.8 Å². The van der Waals surface area contributed by atoms with E-state index in [9.17, 15) is 0 Å². The van der Waals surface area contributed by atoms with Crippen LogP contribution < -0.4 is 11.1 Å². The molecule has 0 spiro atoms. The predicted molar refractivity (Wildman–Crippen MR) is 80.1 cm³/mol. The number of fused-ring (bicyclic) bond motifs is 1. The van der Waals surface area contributed by atoms with Crippen molar-refractivity contribution in [3.8, 4) is 0 Å².